The maximum absolute atomic E-state index is 13.3. The summed E-state index contributed by atoms with van der Waals surface area (Å²) < 4.78 is 42.3. The molecule has 1 amide bonds. The van der Waals surface area contributed by atoms with Crippen LogP contribution in [0.4, 0.5) is 13.2 Å². The van der Waals surface area contributed by atoms with E-state index >= 15 is 0 Å². The summed E-state index contributed by atoms with van der Waals surface area (Å²) in [6, 6.07) is 12.5. The quantitative estimate of drug-likeness (QED) is 0.748. The molecular weight excluding hydrogens is 423 g/mol. The summed E-state index contributed by atoms with van der Waals surface area (Å²) in [5.41, 5.74) is 5.61. The minimum atomic E-state index is -4.85. The molecule has 4 rings (SSSR count). The Morgan fingerprint density at radius 1 is 1.16 bits per heavy atom. The number of carbonyl (C=O) groups is 1. The second-order valence-corrected chi connectivity index (χ2v) is 8.53. The standard InChI is InChI=1S/C23H24F3N3O3/c1-21(16-5-3-6-17(13-16)32-23(24,25)26)18(19(30)29(2)20(27)28-21)14-7-9-15(10-8-14)22(31)11-4-12-22/h3,5-10,13,18,31H,4,11-12H2,1-2H3,(H2,27,28)/t18-,21?/m0/s1. The minimum absolute atomic E-state index is 0.0312. The number of nitrogens with two attached hydrogens (primary N) is 1. The highest BCUT2D eigenvalue weighted by molar-refractivity contribution is 6.02. The zero-order chi connectivity index (χ0) is 23.3. The van der Waals surface area contributed by atoms with E-state index in [-0.39, 0.29) is 11.9 Å². The number of aliphatic imine (C=N–C) groups is 1. The van der Waals surface area contributed by atoms with Gasteiger partial charge in [-0.1, -0.05) is 36.4 Å². The molecule has 3 N–H and O–H groups in total. The van der Waals surface area contributed by atoms with Crippen LogP contribution >= 0.6 is 0 Å². The number of carbonyl (C=O) groups excluding carboxylic acids is 1. The molecule has 9 heteroatoms. The van der Waals surface area contributed by atoms with Gasteiger partial charge in [0.1, 0.15) is 11.3 Å². The van der Waals surface area contributed by atoms with E-state index in [1.165, 1.54) is 30.1 Å². The first kappa shape index (κ1) is 22.1. The first-order valence-electron chi connectivity index (χ1n) is 10.2. The normalized spacial score (nSPS) is 25.2. The van der Waals surface area contributed by atoms with E-state index in [1.807, 2.05) is 0 Å². The van der Waals surface area contributed by atoms with Gasteiger partial charge in [-0.2, -0.15) is 0 Å². The molecule has 2 atom stereocenters. The molecule has 0 aromatic heterocycles. The van der Waals surface area contributed by atoms with Crippen LogP contribution in [0.2, 0.25) is 0 Å². The van der Waals surface area contributed by atoms with Crippen LogP contribution in [0, 0.1) is 0 Å². The predicted molar refractivity (Wildman–Crippen MR) is 112 cm³/mol. The Morgan fingerprint density at radius 3 is 2.38 bits per heavy atom. The number of hydrogen-bond donors (Lipinski definition) is 2. The number of guanidine groups is 1. The minimum Gasteiger partial charge on any atom is -0.406 e. The molecule has 1 fully saturated rings. The Morgan fingerprint density at radius 2 is 1.81 bits per heavy atom. The fraction of sp³-hybridized carbons (Fsp3) is 0.391. The molecule has 0 radical (unpaired) electrons. The number of nitrogens with zero attached hydrogens (tertiary/aromatic N) is 2. The van der Waals surface area contributed by atoms with Crippen molar-refractivity contribution in [2.45, 2.75) is 49.6 Å². The first-order valence-corrected chi connectivity index (χ1v) is 10.2. The van der Waals surface area contributed by atoms with Crippen molar-refractivity contribution < 1.29 is 27.8 Å². The molecule has 1 aliphatic carbocycles. The molecule has 0 saturated heterocycles. The lowest BCUT2D eigenvalue weighted by Crippen LogP contribution is -2.52. The van der Waals surface area contributed by atoms with Crippen LogP contribution in [0.15, 0.2) is 53.5 Å². The molecule has 1 aliphatic heterocycles. The van der Waals surface area contributed by atoms with Crippen LogP contribution in [-0.4, -0.2) is 35.3 Å². The van der Waals surface area contributed by atoms with E-state index < -0.39 is 29.2 Å². The average Bonchev–Trinajstić information content (AvgIpc) is 2.70. The fourth-order valence-electron chi connectivity index (χ4n) is 4.42. The number of alkyl halides is 3. The molecule has 0 spiro atoms. The molecule has 0 bridgehead atoms. The molecule has 2 aliphatic rings. The van der Waals surface area contributed by atoms with Crippen LogP contribution in [0.5, 0.6) is 5.75 Å². The summed E-state index contributed by atoms with van der Waals surface area (Å²) >= 11 is 0. The van der Waals surface area contributed by atoms with Gasteiger partial charge in [-0.15, -0.1) is 13.2 Å². The molecule has 2 aromatic rings. The molecule has 1 heterocycles. The van der Waals surface area contributed by atoms with Crippen molar-refractivity contribution in [2.75, 3.05) is 7.05 Å². The highest BCUT2D eigenvalue weighted by atomic mass is 19.4. The van der Waals surface area contributed by atoms with Gasteiger partial charge >= 0.3 is 6.36 Å². The number of halogens is 3. The lowest BCUT2D eigenvalue weighted by Gasteiger charge is -2.41. The van der Waals surface area contributed by atoms with Crippen LogP contribution < -0.4 is 10.5 Å². The van der Waals surface area contributed by atoms with Gasteiger partial charge in [0.25, 0.3) is 0 Å². The summed E-state index contributed by atoms with van der Waals surface area (Å²) in [7, 11) is 1.50. The van der Waals surface area contributed by atoms with E-state index in [2.05, 4.69) is 9.73 Å². The van der Waals surface area contributed by atoms with Crippen LogP contribution in [-0.2, 0) is 15.9 Å². The number of aliphatic hydroxyl groups is 1. The van der Waals surface area contributed by atoms with Crippen molar-refractivity contribution in [2.24, 2.45) is 10.7 Å². The molecule has 6 nitrogen and oxygen atoms in total. The number of rotatable bonds is 4. The van der Waals surface area contributed by atoms with Crippen molar-refractivity contribution in [3.63, 3.8) is 0 Å². The fourth-order valence-corrected chi connectivity index (χ4v) is 4.42. The van der Waals surface area contributed by atoms with Gasteiger partial charge in [0.2, 0.25) is 5.91 Å². The highest BCUT2D eigenvalue weighted by Gasteiger charge is 2.47. The molecule has 170 valence electrons. The Hall–Kier alpha value is -3.07. The van der Waals surface area contributed by atoms with Crippen LogP contribution in [0.1, 0.15) is 48.8 Å². The van der Waals surface area contributed by atoms with E-state index in [0.29, 0.717) is 24.0 Å². The van der Waals surface area contributed by atoms with Crippen LogP contribution in [0.25, 0.3) is 0 Å². The van der Waals surface area contributed by atoms with E-state index in [0.717, 1.165) is 12.0 Å². The highest BCUT2D eigenvalue weighted by Crippen LogP contribution is 2.46. The van der Waals surface area contributed by atoms with Crippen molar-refractivity contribution in [3.8, 4) is 5.75 Å². The van der Waals surface area contributed by atoms with Crippen molar-refractivity contribution >= 4 is 11.9 Å². The van der Waals surface area contributed by atoms with E-state index in [4.69, 9.17) is 5.73 Å². The maximum atomic E-state index is 13.3. The summed E-state index contributed by atoms with van der Waals surface area (Å²) in [4.78, 5) is 19.0. The third-order valence-electron chi connectivity index (χ3n) is 6.44. The number of hydrogen-bond acceptors (Lipinski definition) is 5. The zero-order valence-electron chi connectivity index (χ0n) is 17.7. The average molecular weight is 447 g/mol. The smallest absolute Gasteiger partial charge is 0.406 e. The molecule has 1 unspecified atom stereocenters. The third-order valence-corrected chi connectivity index (χ3v) is 6.44. The molecule has 2 aromatic carbocycles. The number of benzene rings is 2. The second-order valence-electron chi connectivity index (χ2n) is 8.53. The summed E-state index contributed by atoms with van der Waals surface area (Å²) in [5.74, 6) is -1.61. The van der Waals surface area contributed by atoms with Crippen molar-refractivity contribution in [1.82, 2.24) is 4.90 Å². The Bertz CT molecular complexity index is 1060. The number of likely N-dealkylation sites (N-methyl/N-ethyl adjacent to an activating group) is 1. The van der Waals surface area contributed by atoms with Gasteiger partial charge in [0.05, 0.1) is 11.5 Å². The van der Waals surface area contributed by atoms with Crippen molar-refractivity contribution in [3.05, 3.63) is 65.2 Å². The molecule has 32 heavy (non-hydrogen) atoms. The van der Waals surface area contributed by atoms with Gasteiger partial charge in [-0.05, 0) is 55.0 Å². The number of amides is 1. The monoisotopic (exact) mass is 447 g/mol. The maximum Gasteiger partial charge on any atom is 0.573 e. The van der Waals surface area contributed by atoms with Crippen molar-refractivity contribution in [1.29, 1.82) is 0 Å². The largest absolute Gasteiger partial charge is 0.573 e. The Balaban J connectivity index is 1.78. The lowest BCUT2D eigenvalue weighted by atomic mass is 9.72. The Labute approximate surface area is 183 Å². The predicted octanol–water partition coefficient (Wildman–Crippen LogP) is 3.74. The van der Waals surface area contributed by atoms with Gasteiger partial charge in [0, 0.05) is 7.05 Å². The topological polar surface area (TPSA) is 88.2 Å². The summed E-state index contributed by atoms with van der Waals surface area (Å²) in [5, 5.41) is 10.6. The van der Waals surface area contributed by atoms with Gasteiger partial charge in [-0.25, -0.2) is 4.99 Å². The van der Waals surface area contributed by atoms with Gasteiger partial charge in [0.15, 0.2) is 5.96 Å². The molecule has 1 saturated carbocycles. The SMILES string of the molecule is CN1C(=O)[C@H](c2ccc(C3(O)CCC3)cc2)C(C)(c2cccc(OC(F)(F)F)c2)N=C1N. The molecular formula is C23H24F3N3O3. The summed E-state index contributed by atoms with van der Waals surface area (Å²) in [6.45, 7) is 1.66. The van der Waals surface area contributed by atoms with Crippen LogP contribution in [0.3, 0.4) is 0 Å². The van der Waals surface area contributed by atoms with Gasteiger partial charge in [-0.3, -0.25) is 9.69 Å². The van der Waals surface area contributed by atoms with E-state index in [1.54, 1.807) is 37.3 Å². The second kappa shape index (κ2) is 7.51. The number of ether oxygens (including phenoxy) is 1. The third kappa shape index (κ3) is 3.81. The van der Waals surface area contributed by atoms with Gasteiger partial charge < -0.3 is 15.6 Å². The lowest BCUT2D eigenvalue weighted by molar-refractivity contribution is -0.274. The zero-order valence-corrected chi connectivity index (χ0v) is 17.7. The summed E-state index contributed by atoms with van der Waals surface area (Å²) in [6.07, 6.45) is -2.53. The Kier molecular flexibility index (Phi) is 5.20. The van der Waals surface area contributed by atoms with E-state index in [9.17, 15) is 23.1 Å². The first-order chi connectivity index (χ1) is 14.9.